The molecule has 3 heterocycles. The molecule has 1 saturated heterocycles. The van der Waals surface area contributed by atoms with E-state index in [-0.39, 0.29) is 18.4 Å². The molecule has 1 aromatic heterocycles. The summed E-state index contributed by atoms with van der Waals surface area (Å²) < 4.78 is 0. The number of carbonyl (C=O) groups excluding carboxylic acids is 1. The number of likely N-dealkylation sites (N-methyl/N-ethyl adjacent to an activating group) is 1. The maximum absolute atomic E-state index is 12.1. The van der Waals surface area contributed by atoms with Crippen LogP contribution in [0.4, 0.5) is 11.6 Å². The molecule has 2 atom stereocenters. The molecule has 9 nitrogen and oxygen atoms in total. The molecule has 2 aliphatic heterocycles. The minimum atomic E-state index is -0.128. The number of likely N-dealkylation sites (tertiary alicyclic amines) is 1. The molecular weight excluding hydrogens is 322 g/mol. The number of nitroso groups, excluding NO2 is 1. The lowest BCUT2D eigenvalue weighted by Crippen LogP contribution is -2.53. The van der Waals surface area contributed by atoms with E-state index in [0.717, 1.165) is 17.8 Å². The molecule has 1 aromatic rings. The number of anilines is 2. The SMILES string of the molecule is C[C@@H]1CCN(C(=O)CC#N)C[C@@H]1N(C)c1ncnc2c1CCN2N=O. The maximum Gasteiger partial charge on any atom is 0.236 e. The van der Waals surface area contributed by atoms with Gasteiger partial charge in [-0.15, -0.1) is 4.91 Å². The van der Waals surface area contributed by atoms with Gasteiger partial charge in [-0.1, -0.05) is 6.92 Å². The largest absolute Gasteiger partial charge is 0.354 e. The van der Waals surface area contributed by atoms with Crippen LogP contribution in [0.2, 0.25) is 0 Å². The highest BCUT2D eigenvalue weighted by Crippen LogP contribution is 2.34. The molecule has 1 amide bonds. The fraction of sp³-hybridized carbons (Fsp3) is 0.625. The number of piperidine rings is 1. The van der Waals surface area contributed by atoms with Crippen LogP contribution in [-0.2, 0) is 11.2 Å². The van der Waals surface area contributed by atoms with Crippen LogP contribution >= 0.6 is 0 Å². The van der Waals surface area contributed by atoms with Gasteiger partial charge in [0.15, 0.2) is 5.82 Å². The van der Waals surface area contributed by atoms with Gasteiger partial charge in [-0.25, -0.2) is 15.0 Å². The first-order valence-electron chi connectivity index (χ1n) is 8.39. The van der Waals surface area contributed by atoms with E-state index in [0.29, 0.717) is 37.8 Å². The van der Waals surface area contributed by atoms with Crippen LogP contribution in [0, 0.1) is 22.2 Å². The number of hydrogen-bond donors (Lipinski definition) is 0. The summed E-state index contributed by atoms with van der Waals surface area (Å²) >= 11 is 0. The highest BCUT2D eigenvalue weighted by molar-refractivity contribution is 5.78. The van der Waals surface area contributed by atoms with Gasteiger partial charge in [-0.05, 0) is 18.8 Å². The van der Waals surface area contributed by atoms with Crippen molar-refractivity contribution in [3.63, 3.8) is 0 Å². The number of hydrogen-bond acceptors (Lipinski definition) is 7. The number of rotatable bonds is 4. The molecule has 2 aliphatic rings. The summed E-state index contributed by atoms with van der Waals surface area (Å²) in [5, 5.41) is 13.1. The number of carbonyl (C=O) groups is 1. The molecule has 0 saturated carbocycles. The van der Waals surface area contributed by atoms with E-state index in [4.69, 9.17) is 5.26 Å². The second-order valence-electron chi connectivity index (χ2n) is 6.57. The first-order chi connectivity index (χ1) is 12.1. The van der Waals surface area contributed by atoms with Crippen molar-refractivity contribution >= 4 is 17.5 Å². The molecule has 132 valence electrons. The van der Waals surface area contributed by atoms with E-state index in [1.165, 1.54) is 11.3 Å². The van der Waals surface area contributed by atoms with Crippen LogP contribution < -0.4 is 9.91 Å². The van der Waals surface area contributed by atoms with Gasteiger partial charge in [0.2, 0.25) is 5.91 Å². The monoisotopic (exact) mass is 343 g/mol. The number of nitrogens with zero attached hydrogens (tertiary/aromatic N) is 7. The summed E-state index contributed by atoms with van der Waals surface area (Å²) in [5.74, 6) is 1.59. The fourth-order valence-corrected chi connectivity index (χ4v) is 3.66. The van der Waals surface area contributed by atoms with Gasteiger partial charge in [0.1, 0.15) is 18.6 Å². The molecule has 0 N–H and O–H groups in total. The molecule has 0 aromatic carbocycles. The Balaban J connectivity index is 1.84. The van der Waals surface area contributed by atoms with E-state index in [1.807, 2.05) is 13.1 Å². The van der Waals surface area contributed by atoms with Crippen molar-refractivity contribution < 1.29 is 4.79 Å². The summed E-state index contributed by atoms with van der Waals surface area (Å²) in [7, 11) is 1.96. The van der Waals surface area contributed by atoms with E-state index in [1.54, 1.807) is 4.90 Å². The second-order valence-corrected chi connectivity index (χ2v) is 6.57. The van der Waals surface area contributed by atoms with Crippen molar-refractivity contribution in [2.45, 2.75) is 32.2 Å². The van der Waals surface area contributed by atoms with Crippen molar-refractivity contribution in [1.82, 2.24) is 14.9 Å². The Labute approximate surface area is 146 Å². The van der Waals surface area contributed by atoms with Crippen molar-refractivity contribution in [3.8, 4) is 6.07 Å². The van der Waals surface area contributed by atoms with E-state index >= 15 is 0 Å². The standard InChI is InChI=1S/C16H21N7O2/c1-11-4-7-22(14(24)3-6-17)9-13(11)21(2)15-12-5-8-23(20-25)16(12)19-10-18-15/h10-11,13H,3-5,7-9H2,1-2H3/t11-,13+/m1/s1. The molecule has 25 heavy (non-hydrogen) atoms. The summed E-state index contributed by atoms with van der Waals surface area (Å²) in [6, 6.07) is 2.02. The van der Waals surface area contributed by atoms with Gasteiger partial charge in [-0.3, -0.25) is 4.79 Å². The Hall–Kier alpha value is -2.76. The highest BCUT2D eigenvalue weighted by atomic mass is 16.3. The summed E-state index contributed by atoms with van der Waals surface area (Å²) in [5.41, 5.74) is 0.914. The van der Waals surface area contributed by atoms with Crippen molar-refractivity contribution in [2.24, 2.45) is 11.2 Å². The normalized spacial score (nSPS) is 22.3. The topological polar surface area (TPSA) is 106 Å². The Morgan fingerprint density at radius 1 is 1.48 bits per heavy atom. The molecule has 3 rings (SSSR count). The van der Waals surface area contributed by atoms with Gasteiger partial charge in [0.05, 0.1) is 23.9 Å². The van der Waals surface area contributed by atoms with Crippen molar-refractivity contribution in [1.29, 1.82) is 5.26 Å². The van der Waals surface area contributed by atoms with Crippen LogP contribution in [0.25, 0.3) is 0 Å². The Morgan fingerprint density at radius 3 is 3.00 bits per heavy atom. The molecule has 0 aliphatic carbocycles. The van der Waals surface area contributed by atoms with Crippen LogP contribution in [0.5, 0.6) is 0 Å². The zero-order valence-electron chi connectivity index (χ0n) is 14.4. The van der Waals surface area contributed by atoms with Gasteiger partial charge < -0.3 is 9.80 Å². The Bertz CT molecular complexity index is 717. The second kappa shape index (κ2) is 7.01. The predicted molar refractivity (Wildman–Crippen MR) is 91.7 cm³/mol. The van der Waals surface area contributed by atoms with Crippen molar-refractivity contribution in [2.75, 3.05) is 36.6 Å². The highest BCUT2D eigenvalue weighted by Gasteiger charge is 2.34. The van der Waals surface area contributed by atoms with Crippen LogP contribution in [-0.4, -0.2) is 53.5 Å². The molecule has 0 unspecified atom stereocenters. The van der Waals surface area contributed by atoms with E-state index in [2.05, 4.69) is 27.1 Å². The first-order valence-corrected chi connectivity index (χ1v) is 8.39. The zero-order chi connectivity index (χ0) is 18.0. The van der Waals surface area contributed by atoms with Gasteiger partial charge in [-0.2, -0.15) is 5.26 Å². The Kier molecular flexibility index (Phi) is 4.79. The van der Waals surface area contributed by atoms with Gasteiger partial charge in [0, 0.05) is 25.7 Å². The Morgan fingerprint density at radius 2 is 2.28 bits per heavy atom. The quantitative estimate of drug-likeness (QED) is 0.754. The molecule has 0 radical (unpaired) electrons. The van der Waals surface area contributed by atoms with E-state index < -0.39 is 0 Å². The maximum atomic E-state index is 12.1. The molecule has 9 heteroatoms. The van der Waals surface area contributed by atoms with Gasteiger partial charge >= 0.3 is 0 Å². The van der Waals surface area contributed by atoms with Crippen LogP contribution in [0.1, 0.15) is 25.3 Å². The average molecular weight is 343 g/mol. The smallest absolute Gasteiger partial charge is 0.236 e. The van der Waals surface area contributed by atoms with E-state index in [9.17, 15) is 9.70 Å². The lowest BCUT2D eigenvalue weighted by Gasteiger charge is -2.42. The molecular formula is C16H21N7O2. The third-order valence-electron chi connectivity index (χ3n) is 5.15. The summed E-state index contributed by atoms with van der Waals surface area (Å²) in [6.07, 6.45) is 2.90. The third kappa shape index (κ3) is 3.12. The number of amides is 1. The average Bonchev–Trinajstić information content (AvgIpc) is 3.05. The third-order valence-corrected chi connectivity index (χ3v) is 5.15. The van der Waals surface area contributed by atoms with Crippen LogP contribution in [0.15, 0.2) is 11.6 Å². The summed E-state index contributed by atoms with van der Waals surface area (Å²) in [6.45, 7) is 3.91. The fourth-order valence-electron chi connectivity index (χ4n) is 3.66. The van der Waals surface area contributed by atoms with Crippen LogP contribution in [0.3, 0.4) is 0 Å². The number of aromatic nitrogens is 2. The number of nitriles is 1. The summed E-state index contributed by atoms with van der Waals surface area (Å²) in [4.78, 5) is 35.4. The number of fused-ring (bicyclic) bond motifs is 1. The minimum absolute atomic E-state index is 0.0896. The van der Waals surface area contributed by atoms with Gasteiger partial charge in [0.25, 0.3) is 0 Å². The van der Waals surface area contributed by atoms with Crippen molar-refractivity contribution in [3.05, 3.63) is 16.8 Å². The zero-order valence-corrected chi connectivity index (χ0v) is 14.4. The first kappa shape index (κ1) is 17.1. The predicted octanol–water partition coefficient (Wildman–Crippen LogP) is 1.11. The lowest BCUT2D eigenvalue weighted by molar-refractivity contribution is -0.131. The lowest BCUT2D eigenvalue weighted by atomic mass is 9.92. The molecule has 0 bridgehead atoms. The minimum Gasteiger partial charge on any atom is -0.354 e. The molecule has 1 fully saturated rings. The molecule has 0 spiro atoms.